The van der Waals surface area contributed by atoms with Gasteiger partial charge < -0.3 is 10.2 Å². The van der Waals surface area contributed by atoms with Crippen LogP contribution in [-0.2, 0) is 13.0 Å². The largest absolute Gasteiger partial charge is 0.368 e. The maximum atomic E-state index is 6.02. The molecule has 0 aliphatic rings. The van der Waals surface area contributed by atoms with Crippen LogP contribution in [0.5, 0.6) is 0 Å². The first kappa shape index (κ1) is 18.1. The van der Waals surface area contributed by atoms with Crippen LogP contribution >= 0.6 is 11.6 Å². The van der Waals surface area contributed by atoms with Crippen molar-refractivity contribution in [2.45, 2.75) is 19.9 Å². The highest BCUT2D eigenvalue weighted by molar-refractivity contribution is 6.30. The van der Waals surface area contributed by atoms with Crippen molar-refractivity contribution in [1.29, 1.82) is 0 Å². The Labute approximate surface area is 159 Å². The summed E-state index contributed by atoms with van der Waals surface area (Å²) in [6.45, 7) is 4.41. The third-order valence-electron chi connectivity index (χ3n) is 4.04. The van der Waals surface area contributed by atoms with Crippen LogP contribution in [0.2, 0.25) is 5.02 Å². The lowest BCUT2D eigenvalue weighted by Crippen LogP contribution is -2.25. The lowest BCUT2D eigenvalue weighted by molar-refractivity contribution is 0.769. The van der Waals surface area contributed by atoms with Crippen LogP contribution in [0, 0.1) is 0 Å². The van der Waals surface area contributed by atoms with Gasteiger partial charge in [-0.1, -0.05) is 54.1 Å². The number of aromatic nitrogens is 3. The van der Waals surface area contributed by atoms with Crippen LogP contribution in [0.4, 0.5) is 11.8 Å². The molecule has 0 saturated carbocycles. The van der Waals surface area contributed by atoms with Gasteiger partial charge in [0.15, 0.2) is 5.82 Å². The first-order valence-corrected chi connectivity index (χ1v) is 9.09. The number of nitrogens with zero attached hydrogens (tertiary/aromatic N) is 4. The Hall–Kier alpha value is -2.66. The zero-order chi connectivity index (χ0) is 18.2. The van der Waals surface area contributed by atoms with Gasteiger partial charge in [0.2, 0.25) is 5.95 Å². The Balaban J connectivity index is 1.61. The van der Waals surface area contributed by atoms with E-state index in [2.05, 4.69) is 50.5 Å². The van der Waals surface area contributed by atoms with E-state index >= 15 is 0 Å². The van der Waals surface area contributed by atoms with Gasteiger partial charge in [0.05, 0.1) is 6.20 Å². The summed E-state index contributed by atoms with van der Waals surface area (Å²) in [7, 11) is 0. The summed E-state index contributed by atoms with van der Waals surface area (Å²) >= 11 is 6.02. The molecular weight excluding hydrogens is 346 g/mol. The van der Waals surface area contributed by atoms with E-state index in [0.29, 0.717) is 5.95 Å². The lowest BCUT2D eigenvalue weighted by atomic mass is 10.1. The number of benzene rings is 2. The number of anilines is 2. The van der Waals surface area contributed by atoms with Gasteiger partial charge >= 0.3 is 0 Å². The van der Waals surface area contributed by atoms with Gasteiger partial charge in [-0.3, -0.25) is 0 Å². The van der Waals surface area contributed by atoms with Crippen molar-refractivity contribution < 1.29 is 0 Å². The number of nitrogens with one attached hydrogen (secondary N) is 1. The highest BCUT2D eigenvalue weighted by atomic mass is 35.5. The monoisotopic (exact) mass is 367 g/mol. The molecular formula is C20H22ClN5. The second-order valence-corrected chi connectivity index (χ2v) is 6.38. The molecule has 0 spiro atoms. The Morgan fingerprint density at radius 1 is 1.04 bits per heavy atom. The van der Waals surface area contributed by atoms with E-state index in [1.54, 1.807) is 6.20 Å². The number of rotatable bonds is 8. The van der Waals surface area contributed by atoms with Crippen molar-refractivity contribution in [3.05, 3.63) is 76.9 Å². The standard InChI is InChI=1S/C20H22ClN5/c1-2-26(15-17-7-4-3-5-8-17)20-24-19(14-23-25-20)22-12-11-16-9-6-10-18(21)13-16/h3-10,13-14H,2,11-12,15H2,1H3,(H,22,24,25). The molecule has 0 saturated heterocycles. The summed E-state index contributed by atoms with van der Waals surface area (Å²) in [5, 5.41) is 12.4. The third-order valence-corrected chi connectivity index (χ3v) is 4.27. The van der Waals surface area contributed by atoms with E-state index in [9.17, 15) is 0 Å². The molecule has 0 fully saturated rings. The second-order valence-electron chi connectivity index (χ2n) is 5.95. The van der Waals surface area contributed by atoms with E-state index in [-0.39, 0.29) is 0 Å². The predicted octanol–water partition coefficient (Wildman–Crippen LogP) is 4.21. The molecule has 0 aliphatic carbocycles. The molecule has 1 N–H and O–H groups in total. The molecule has 0 atom stereocenters. The third kappa shape index (κ3) is 5.17. The van der Waals surface area contributed by atoms with Crippen LogP contribution in [-0.4, -0.2) is 28.3 Å². The minimum Gasteiger partial charge on any atom is -0.368 e. The van der Waals surface area contributed by atoms with Crippen molar-refractivity contribution in [3.8, 4) is 0 Å². The van der Waals surface area contributed by atoms with Crippen LogP contribution in [0.1, 0.15) is 18.1 Å². The first-order valence-electron chi connectivity index (χ1n) is 8.71. The average molecular weight is 368 g/mol. The highest BCUT2D eigenvalue weighted by Gasteiger charge is 2.10. The Morgan fingerprint density at radius 3 is 2.62 bits per heavy atom. The van der Waals surface area contributed by atoms with Gasteiger partial charge in [-0.15, -0.1) is 5.10 Å². The van der Waals surface area contributed by atoms with Gasteiger partial charge in [-0.25, -0.2) is 0 Å². The fourth-order valence-corrected chi connectivity index (χ4v) is 2.88. The molecule has 0 bridgehead atoms. The normalized spacial score (nSPS) is 10.5. The maximum absolute atomic E-state index is 6.02. The molecule has 0 radical (unpaired) electrons. The van der Waals surface area contributed by atoms with Crippen molar-refractivity contribution in [2.24, 2.45) is 0 Å². The fourth-order valence-electron chi connectivity index (χ4n) is 2.67. The van der Waals surface area contributed by atoms with Crippen molar-refractivity contribution in [2.75, 3.05) is 23.3 Å². The van der Waals surface area contributed by atoms with E-state index in [0.717, 1.165) is 36.9 Å². The second kappa shape index (κ2) is 9.15. The van der Waals surface area contributed by atoms with Crippen molar-refractivity contribution in [1.82, 2.24) is 15.2 Å². The molecule has 5 nitrogen and oxygen atoms in total. The van der Waals surface area contributed by atoms with Crippen molar-refractivity contribution >= 4 is 23.4 Å². The Morgan fingerprint density at radius 2 is 1.85 bits per heavy atom. The molecule has 6 heteroatoms. The zero-order valence-electron chi connectivity index (χ0n) is 14.8. The minimum atomic E-state index is 0.629. The summed E-state index contributed by atoms with van der Waals surface area (Å²) in [6.07, 6.45) is 2.51. The number of halogens is 1. The smallest absolute Gasteiger partial charge is 0.247 e. The van der Waals surface area contributed by atoms with Crippen LogP contribution in [0.15, 0.2) is 60.8 Å². The van der Waals surface area contributed by atoms with E-state index in [1.807, 2.05) is 36.4 Å². The summed E-state index contributed by atoms with van der Waals surface area (Å²) < 4.78 is 0. The van der Waals surface area contributed by atoms with E-state index < -0.39 is 0 Å². The van der Waals surface area contributed by atoms with Crippen molar-refractivity contribution in [3.63, 3.8) is 0 Å². The minimum absolute atomic E-state index is 0.629. The molecule has 0 aliphatic heterocycles. The van der Waals surface area contributed by atoms with Crippen LogP contribution in [0.3, 0.4) is 0 Å². The molecule has 0 unspecified atom stereocenters. The average Bonchev–Trinajstić information content (AvgIpc) is 2.67. The van der Waals surface area contributed by atoms with Gasteiger partial charge in [-0.05, 0) is 36.6 Å². The van der Waals surface area contributed by atoms with Gasteiger partial charge in [0.25, 0.3) is 0 Å². The Kier molecular flexibility index (Phi) is 6.39. The fraction of sp³-hybridized carbons (Fsp3) is 0.250. The van der Waals surface area contributed by atoms with E-state index in [1.165, 1.54) is 11.1 Å². The maximum Gasteiger partial charge on any atom is 0.247 e. The van der Waals surface area contributed by atoms with Crippen LogP contribution < -0.4 is 10.2 Å². The predicted molar refractivity (Wildman–Crippen MR) is 107 cm³/mol. The summed E-state index contributed by atoms with van der Waals surface area (Å²) in [5.41, 5.74) is 2.41. The molecule has 1 aromatic heterocycles. The summed E-state index contributed by atoms with van der Waals surface area (Å²) in [4.78, 5) is 6.71. The SMILES string of the molecule is CCN(Cc1ccccc1)c1nncc(NCCc2cccc(Cl)c2)n1. The number of hydrogen-bond donors (Lipinski definition) is 1. The topological polar surface area (TPSA) is 53.9 Å². The quantitative estimate of drug-likeness (QED) is 0.646. The number of hydrogen-bond acceptors (Lipinski definition) is 5. The molecule has 2 aromatic carbocycles. The van der Waals surface area contributed by atoms with Gasteiger partial charge in [0.1, 0.15) is 0 Å². The Bertz CT molecular complexity index is 825. The summed E-state index contributed by atoms with van der Waals surface area (Å²) in [5.74, 6) is 1.35. The molecule has 26 heavy (non-hydrogen) atoms. The molecule has 0 amide bonds. The van der Waals surface area contributed by atoms with Gasteiger partial charge in [-0.2, -0.15) is 10.1 Å². The van der Waals surface area contributed by atoms with Crippen LogP contribution in [0.25, 0.3) is 0 Å². The lowest BCUT2D eigenvalue weighted by Gasteiger charge is -2.20. The first-order chi connectivity index (χ1) is 12.7. The summed E-state index contributed by atoms with van der Waals surface area (Å²) in [6, 6.07) is 18.2. The molecule has 3 aromatic rings. The zero-order valence-corrected chi connectivity index (χ0v) is 15.5. The molecule has 3 rings (SSSR count). The molecule has 134 valence electrons. The highest BCUT2D eigenvalue weighted by Crippen LogP contribution is 2.14. The van der Waals surface area contributed by atoms with E-state index in [4.69, 9.17) is 11.6 Å². The molecule has 1 heterocycles. The van der Waals surface area contributed by atoms with Gasteiger partial charge in [0, 0.05) is 24.7 Å².